The molecular weight excluding hydrogens is 190 g/mol. The molecule has 0 N–H and O–H groups in total. The zero-order valence-electron chi connectivity index (χ0n) is 7.50. The fraction of sp³-hybridized carbons (Fsp3) is 0.400. The maximum atomic E-state index is 13.0. The number of epoxide rings is 1. The van der Waals surface area contributed by atoms with Crippen LogP contribution in [0.5, 0.6) is 0 Å². The van der Waals surface area contributed by atoms with E-state index in [0.29, 0.717) is 18.8 Å². The SMILES string of the molecule is Fc1ccc(COC[C@@H]2CO2)c(F)c1. The van der Waals surface area contributed by atoms with Crippen molar-refractivity contribution in [1.29, 1.82) is 0 Å². The van der Waals surface area contributed by atoms with Gasteiger partial charge in [-0.05, 0) is 6.07 Å². The number of hydrogen-bond donors (Lipinski definition) is 0. The molecule has 14 heavy (non-hydrogen) atoms. The first-order valence-corrected chi connectivity index (χ1v) is 4.39. The Bertz CT molecular complexity index is 324. The van der Waals surface area contributed by atoms with Crippen LogP contribution >= 0.6 is 0 Å². The lowest BCUT2D eigenvalue weighted by Crippen LogP contribution is -2.02. The Labute approximate surface area is 80.4 Å². The van der Waals surface area contributed by atoms with Crippen LogP contribution in [-0.4, -0.2) is 19.3 Å². The normalized spacial score (nSPS) is 19.7. The van der Waals surface area contributed by atoms with Gasteiger partial charge in [0.15, 0.2) is 0 Å². The van der Waals surface area contributed by atoms with Crippen LogP contribution in [0.3, 0.4) is 0 Å². The monoisotopic (exact) mass is 200 g/mol. The van der Waals surface area contributed by atoms with Gasteiger partial charge in [-0.25, -0.2) is 8.78 Å². The van der Waals surface area contributed by atoms with Gasteiger partial charge in [-0.1, -0.05) is 6.07 Å². The van der Waals surface area contributed by atoms with Gasteiger partial charge in [0, 0.05) is 11.6 Å². The first-order valence-electron chi connectivity index (χ1n) is 4.39. The smallest absolute Gasteiger partial charge is 0.131 e. The zero-order chi connectivity index (χ0) is 9.97. The summed E-state index contributed by atoms with van der Waals surface area (Å²) in [7, 11) is 0. The Morgan fingerprint density at radius 2 is 2.21 bits per heavy atom. The molecule has 1 saturated heterocycles. The predicted molar refractivity (Wildman–Crippen MR) is 45.8 cm³/mol. The Morgan fingerprint density at radius 1 is 1.43 bits per heavy atom. The summed E-state index contributed by atoms with van der Waals surface area (Å²) >= 11 is 0. The van der Waals surface area contributed by atoms with Crippen molar-refractivity contribution in [3.05, 3.63) is 35.4 Å². The summed E-state index contributed by atoms with van der Waals surface area (Å²) in [6.45, 7) is 1.34. The van der Waals surface area contributed by atoms with Crippen molar-refractivity contribution in [2.24, 2.45) is 0 Å². The second-order valence-corrected chi connectivity index (χ2v) is 3.21. The van der Waals surface area contributed by atoms with Crippen LogP contribution in [0, 0.1) is 11.6 Å². The van der Waals surface area contributed by atoms with Crippen LogP contribution < -0.4 is 0 Å². The molecule has 2 rings (SSSR count). The highest BCUT2D eigenvalue weighted by atomic mass is 19.1. The maximum Gasteiger partial charge on any atom is 0.131 e. The van der Waals surface area contributed by atoms with Crippen LogP contribution in [0.15, 0.2) is 18.2 Å². The highest BCUT2D eigenvalue weighted by Gasteiger charge is 2.22. The van der Waals surface area contributed by atoms with Crippen molar-refractivity contribution in [2.75, 3.05) is 13.2 Å². The van der Waals surface area contributed by atoms with Crippen molar-refractivity contribution in [1.82, 2.24) is 0 Å². The Morgan fingerprint density at radius 3 is 2.86 bits per heavy atom. The number of hydrogen-bond acceptors (Lipinski definition) is 2. The lowest BCUT2D eigenvalue weighted by Gasteiger charge is -2.03. The van der Waals surface area contributed by atoms with Crippen molar-refractivity contribution in [3.8, 4) is 0 Å². The first kappa shape index (κ1) is 9.55. The van der Waals surface area contributed by atoms with Gasteiger partial charge in [-0.15, -0.1) is 0 Å². The van der Waals surface area contributed by atoms with Gasteiger partial charge in [0.25, 0.3) is 0 Å². The average molecular weight is 200 g/mol. The summed E-state index contributed by atoms with van der Waals surface area (Å²) in [5, 5.41) is 0. The molecule has 2 nitrogen and oxygen atoms in total. The molecule has 0 aromatic heterocycles. The average Bonchev–Trinajstić information content (AvgIpc) is 2.92. The number of rotatable bonds is 4. The Kier molecular flexibility index (Phi) is 2.74. The van der Waals surface area contributed by atoms with E-state index < -0.39 is 11.6 Å². The van der Waals surface area contributed by atoms with Crippen LogP contribution in [0.25, 0.3) is 0 Å². The van der Waals surface area contributed by atoms with E-state index in [1.807, 2.05) is 0 Å². The summed E-state index contributed by atoms with van der Waals surface area (Å²) < 4.78 is 35.6. The summed E-state index contributed by atoms with van der Waals surface area (Å²) in [5.74, 6) is -1.14. The fourth-order valence-electron chi connectivity index (χ4n) is 1.10. The van der Waals surface area contributed by atoms with Crippen molar-refractivity contribution in [3.63, 3.8) is 0 Å². The van der Waals surface area contributed by atoms with Crippen LogP contribution in [-0.2, 0) is 16.1 Å². The van der Waals surface area contributed by atoms with Gasteiger partial charge in [0.2, 0.25) is 0 Å². The van der Waals surface area contributed by atoms with E-state index in [4.69, 9.17) is 9.47 Å². The van der Waals surface area contributed by atoms with E-state index in [1.54, 1.807) is 0 Å². The molecule has 0 saturated carbocycles. The molecule has 1 fully saturated rings. The van der Waals surface area contributed by atoms with Crippen LogP contribution in [0.4, 0.5) is 8.78 Å². The summed E-state index contributed by atoms with van der Waals surface area (Å²) in [6, 6.07) is 3.46. The van der Waals surface area contributed by atoms with E-state index in [0.717, 1.165) is 6.07 Å². The largest absolute Gasteiger partial charge is 0.374 e. The molecule has 1 atom stereocenters. The summed E-state index contributed by atoms with van der Waals surface area (Å²) in [6.07, 6.45) is 0.165. The lowest BCUT2D eigenvalue weighted by atomic mass is 10.2. The minimum Gasteiger partial charge on any atom is -0.374 e. The maximum absolute atomic E-state index is 13.0. The van der Waals surface area contributed by atoms with Crippen molar-refractivity contribution >= 4 is 0 Å². The highest BCUT2D eigenvalue weighted by Crippen LogP contribution is 2.13. The third-order valence-electron chi connectivity index (χ3n) is 1.98. The Balaban J connectivity index is 1.87. The molecule has 0 amide bonds. The van der Waals surface area contributed by atoms with E-state index >= 15 is 0 Å². The zero-order valence-corrected chi connectivity index (χ0v) is 7.50. The summed E-state index contributed by atoms with van der Waals surface area (Å²) in [5.41, 5.74) is 0.368. The van der Waals surface area contributed by atoms with E-state index in [-0.39, 0.29) is 12.7 Å². The molecule has 0 spiro atoms. The molecule has 4 heteroatoms. The van der Waals surface area contributed by atoms with Gasteiger partial charge >= 0.3 is 0 Å². The van der Waals surface area contributed by atoms with Crippen molar-refractivity contribution in [2.45, 2.75) is 12.7 Å². The highest BCUT2D eigenvalue weighted by molar-refractivity contribution is 5.17. The molecule has 1 aromatic rings. The lowest BCUT2D eigenvalue weighted by molar-refractivity contribution is 0.102. The second kappa shape index (κ2) is 4.02. The van der Waals surface area contributed by atoms with Gasteiger partial charge in [-0.3, -0.25) is 0 Å². The molecule has 1 aromatic carbocycles. The van der Waals surface area contributed by atoms with Crippen molar-refractivity contribution < 1.29 is 18.3 Å². The Hall–Kier alpha value is -1.00. The van der Waals surface area contributed by atoms with Gasteiger partial charge in [0.05, 0.1) is 19.8 Å². The molecule has 0 radical (unpaired) electrons. The van der Waals surface area contributed by atoms with E-state index in [2.05, 4.69) is 0 Å². The quantitative estimate of drug-likeness (QED) is 0.692. The molecular formula is C10H10F2O2. The third-order valence-corrected chi connectivity index (χ3v) is 1.98. The topological polar surface area (TPSA) is 21.8 Å². The molecule has 0 bridgehead atoms. The minimum atomic E-state index is -0.572. The molecule has 76 valence electrons. The molecule has 1 aliphatic rings. The van der Waals surface area contributed by atoms with Gasteiger partial charge in [0.1, 0.15) is 17.7 Å². The first-order chi connectivity index (χ1) is 6.75. The van der Waals surface area contributed by atoms with Gasteiger partial charge in [-0.2, -0.15) is 0 Å². The molecule has 0 unspecified atom stereocenters. The molecule has 1 heterocycles. The number of ether oxygens (including phenoxy) is 2. The second-order valence-electron chi connectivity index (χ2n) is 3.21. The van der Waals surface area contributed by atoms with Crippen LogP contribution in [0.2, 0.25) is 0 Å². The fourth-order valence-corrected chi connectivity index (χ4v) is 1.10. The predicted octanol–water partition coefficient (Wildman–Crippen LogP) is 1.88. The standard InChI is InChI=1S/C10H10F2O2/c11-8-2-1-7(10(12)3-8)4-13-5-9-6-14-9/h1-3,9H,4-6H2/t9-/m1/s1. The third kappa shape index (κ3) is 2.49. The van der Waals surface area contributed by atoms with Gasteiger partial charge < -0.3 is 9.47 Å². The van der Waals surface area contributed by atoms with E-state index in [1.165, 1.54) is 12.1 Å². The summed E-state index contributed by atoms with van der Waals surface area (Å²) in [4.78, 5) is 0. The molecule has 0 aliphatic carbocycles. The van der Waals surface area contributed by atoms with Crippen LogP contribution in [0.1, 0.15) is 5.56 Å². The number of halogens is 2. The van der Waals surface area contributed by atoms with E-state index in [9.17, 15) is 8.78 Å². The molecule has 1 aliphatic heterocycles. The minimum absolute atomic E-state index is 0.159. The number of benzene rings is 1.